The molecule has 0 spiro atoms. The minimum absolute atomic E-state index is 0.171. The van der Waals surface area contributed by atoms with E-state index < -0.39 is 24.3 Å². The number of ketones is 1. The summed E-state index contributed by atoms with van der Waals surface area (Å²) in [5.41, 5.74) is 1.68. The lowest BCUT2D eigenvalue weighted by atomic mass is 10.0. The number of hydrogen-bond acceptors (Lipinski definition) is 3. The molecule has 0 atom stereocenters. The number of rotatable bonds is 6. The Balaban J connectivity index is 1.56. The maximum atomic E-state index is 12.7. The second kappa shape index (κ2) is 8.73. The largest absolute Gasteiger partial charge is 0.457 e. The highest BCUT2D eigenvalue weighted by Crippen LogP contribution is 2.29. The summed E-state index contributed by atoms with van der Waals surface area (Å²) in [5, 5.41) is 0. The van der Waals surface area contributed by atoms with Gasteiger partial charge in [0, 0.05) is 5.56 Å². The van der Waals surface area contributed by atoms with Crippen molar-refractivity contribution in [2.75, 3.05) is 6.61 Å². The summed E-state index contributed by atoms with van der Waals surface area (Å²) in [4.78, 5) is 24.1. The van der Waals surface area contributed by atoms with Crippen LogP contribution in [0.2, 0.25) is 0 Å². The first-order chi connectivity index (χ1) is 13.8. The fraction of sp³-hybridized carbons (Fsp3) is 0.130. The van der Waals surface area contributed by atoms with Crippen LogP contribution in [0.3, 0.4) is 0 Å². The quantitative estimate of drug-likeness (QED) is 0.416. The Kier molecular flexibility index (Phi) is 6.12. The van der Waals surface area contributed by atoms with Crippen molar-refractivity contribution in [2.24, 2.45) is 0 Å². The zero-order chi connectivity index (χ0) is 20.9. The van der Waals surface area contributed by atoms with Crippen LogP contribution in [0.25, 0.3) is 11.1 Å². The molecule has 0 radical (unpaired) electrons. The molecule has 3 rings (SSSR count). The molecule has 0 aromatic heterocycles. The van der Waals surface area contributed by atoms with Gasteiger partial charge in [-0.25, -0.2) is 0 Å². The van der Waals surface area contributed by atoms with Crippen LogP contribution in [0.4, 0.5) is 13.2 Å². The average Bonchev–Trinajstić information content (AvgIpc) is 2.72. The first-order valence-electron chi connectivity index (χ1n) is 8.83. The summed E-state index contributed by atoms with van der Waals surface area (Å²) >= 11 is 0. The van der Waals surface area contributed by atoms with Crippen molar-refractivity contribution >= 4 is 11.8 Å². The molecule has 0 bridgehead atoms. The Labute approximate surface area is 165 Å². The van der Waals surface area contributed by atoms with Crippen LogP contribution in [0.1, 0.15) is 21.5 Å². The lowest BCUT2D eigenvalue weighted by Gasteiger charge is -2.09. The van der Waals surface area contributed by atoms with E-state index in [0.717, 1.165) is 23.3 Å². The molecule has 0 N–H and O–H groups in total. The van der Waals surface area contributed by atoms with E-state index in [9.17, 15) is 22.8 Å². The minimum atomic E-state index is -4.48. The number of alkyl halides is 3. The molecule has 0 saturated carbocycles. The third-order valence-corrected chi connectivity index (χ3v) is 4.28. The van der Waals surface area contributed by atoms with Gasteiger partial charge in [-0.05, 0) is 22.8 Å². The van der Waals surface area contributed by atoms with Crippen LogP contribution in [0, 0.1) is 0 Å². The Morgan fingerprint density at radius 2 is 1.45 bits per heavy atom. The Morgan fingerprint density at radius 3 is 2.10 bits per heavy atom. The van der Waals surface area contributed by atoms with Gasteiger partial charge in [-0.1, -0.05) is 72.8 Å². The first kappa shape index (κ1) is 20.3. The van der Waals surface area contributed by atoms with Crippen molar-refractivity contribution in [2.45, 2.75) is 12.6 Å². The summed E-state index contributed by atoms with van der Waals surface area (Å²) in [5.74, 6) is -1.15. The molecule has 0 amide bonds. The van der Waals surface area contributed by atoms with Gasteiger partial charge < -0.3 is 4.74 Å². The summed E-state index contributed by atoms with van der Waals surface area (Å²) in [6, 6.07) is 21.0. The number of hydrogen-bond donors (Lipinski definition) is 0. The third kappa shape index (κ3) is 5.54. The van der Waals surface area contributed by atoms with Gasteiger partial charge in [0.2, 0.25) is 0 Å². The molecule has 0 heterocycles. The normalized spacial score (nSPS) is 11.1. The first-order valence-corrected chi connectivity index (χ1v) is 8.83. The van der Waals surface area contributed by atoms with Gasteiger partial charge in [-0.3, -0.25) is 9.59 Å². The van der Waals surface area contributed by atoms with Crippen LogP contribution in [-0.4, -0.2) is 18.4 Å². The summed E-state index contributed by atoms with van der Waals surface area (Å²) < 4.78 is 43.1. The molecule has 3 aromatic rings. The van der Waals surface area contributed by atoms with Gasteiger partial charge in [-0.15, -0.1) is 0 Å². The average molecular weight is 398 g/mol. The molecule has 0 saturated heterocycles. The van der Waals surface area contributed by atoms with Gasteiger partial charge in [0.05, 0.1) is 12.0 Å². The van der Waals surface area contributed by atoms with E-state index >= 15 is 0 Å². The lowest BCUT2D eigenvalue weighted by Crippen LogP contribution is -2.16. The molecular weight excluding hydrogens is 381 g/mol. The smallest absolute Gasteiger partial charge is 0.416 e. The van der Waals surface area contributed by atoms with Crippen LogP contribution in [-0.2, 0) is 22.1 Å². The third-order valence-electron chi connectivity index (χ3n) is 4.28. The number of Topliss-reactive ketones (excluding diaryl/α,β-unsaturated/α-hetero) is 1. The number of halogens is 3. The standard InChI is InChI=1S/C23H17F3O3/c24-23(25,26)20-8-4-5-16(13-20)14-22(28)29-15-21(27)19-11-9-18(10-12-19)17-6-2-1-3-7-17/h1-13H,14-15H2. The SMILES string of the molecule is O=C(Cc1cccc(C(F)(F)F)c1)OCC(=O)c1ccc(-c2ccccc2)cc1. The zero-order valence-corrected chi connectivity index (χ0v) is 15.3. The summed E-state index contributed by atoms with van der Waals surface area (Å²) in [6.07, 6.45) is -4.83. The molecule has 148 valence electrons. The van der Waals surface area contributed by atoms with E-state index in [1.165, 1.54) is 12.1 Å². The van der Waals surface area contributed by atoms with Crippen molar-refractivity contribution in [3.8, 4) is 11.1 Å². The monoisotopic (exact) mass is 398 g/mol. The van der Waals surface area contributed by atoms with Crippen molar-refractivity contribution in [3.05, 3.63) is 95.6 Å². The number of carbonyl (C=O) groups is 2. The van der Waals surface area contributed by atoms with Gasteiger partial charge >= 0.3 is 12.1 Å². The van der Waals surface area contributed by atoms with Crippen molar-refractivity contribution in [3.63, 3.8) is 0 Å². The Morgan fingerprint density at radius 1 is 0.793 bits per heavy atom. The fourth-order valence-electron chi connectivity index (χ4n) is 2.78. The topological polar surface area (TPSA) is 43.4 Å². The molecule has 29 heavy (non-hydrogen) atoms. The van der Waals surface area contributed by atoms with Crippen LogP contribution in [0.5, 0.6) is 0 Å². The fourth-order valence-corrected chi connectivity index (χ4v) is 2.78. The van der Waals surface area contributed by atoms with Crippen LogP contribution < -0.4 is 0 Å². The van der Waals surface area contributed by atoms with E-state index in [4.69, 9.17) is 4.74 Å². The van der Waals surface area contributed by atoms with E-state index in [0.29, 0.717) is 5.56 Å². The molecule has 0 fully saturated rings. The predicted octanol–water partition coefficient (Wildman–Crippen LogP) is 5.34. The maximum absolute atomic E-state index is 12.7. The van der Waals surface area contributed by atoms with Crippen molar-refractivity contribution < 1.29 is 27.5 Å². The molecule has 0 unspecified atom stereocenters. The molecule has 0 aliphatic rings. The number of ether oxygens (including phenoxy) is 1. The summed E-state index contributed by atoms with van der Waals surface area (Å²) in [7, 11) is 0. The highest BCUT2D eigenvalue weighted by molar-refractivity contribution is 5.98. The van der Waals surface area contributed by atoms with Gasteiger partial charge in [0.1, 0.15) is 0 Å². The van der Waals surface area contributed by atoms with E-state index in [1.54, 1.807) is 24.3 Å². The number of esters is 1. The van der Waals surface area contributed by atoms with E-state index in [2.05, 4.69) is 0 Å². The van der Waals surface area contributed by atoms with E-state index in [-0.39, 0.29) is 17.8 Å². The zero-order valence-electron chi connectivity index (χ0n) is 15.3. The van der Waals surface area contributed by atoms with Crippen molar-refractivity contribution in [1.29, 1.82) is 0 Å². The lowest BCUT2D eigenvalue weighted by molar-refractivity contribution is -0.142. The predicted molar refractivity (Wildman–Crippen MR) is 102 cm³/mol. The number of carbonyl (C=O) groups excluding carboxylic acids is 2. The van der Waals surface area contributed by atoms with Crippen LogP contribution >= 0.6 is 0 Å². The maximum Gasteiger partial charge on any atom is 0.416 e. The highest BCUT2D eigenvalue weighted by atomic mass is 19.4. The van der Waals surface area contributed by atoms with Crippen LogP contribution in [0.15, 0.2) is 78.9 Å². The minimum Gasteiger partial charge on any atom is -0.457 e. The second-order valence-corrected chi connectivity index (χ2v) is 6.40. The Hall–Kier alpha value is -3.41. The van der Waals surface area contributed by atoms with Gasteiger partial charge in [-0.2, -0.15) is 13.2 Å². The van der Waals surface area contributed by atoms with Crippen molar-refractivity contribution in [1.82, 2.24) is 0 Å². The Bertz CT molecular complexity index is 994. The van der Waals surface area contributed by atoms with E-state index in [1.807, 2.05) is 30.3 Å². The number of benzene rings is 3. The summed E-state index contributed by atoms with van der Waals surface area (Å²) in [6.45, 7) is -0.470. The second-order valence-electron chi connectivity index (χ2n) is 6.40. The van der Waals surface area contributed by atoms with Gasteiger partial charge in [0.15, 0.2) is 12.4 Å². The molecule has 6 heteroatoms. The highest BCUT2D eigenvalue weighted by Gasteiger charge is 2.30. The molecule has 0 aliphatic heterocycles. The molecule has 3 aromatic carbocycles. The molecule has 0 aliphatic carbocycles. The van der Waals surface area contributed by atoms with Gasteiger partial charge in [0.25, 0.3) is 0 Å². The molecule has 3 nitrogen and oxygen atoms in total. The molecular formula is C23H17F3O3.